The summed E-state index contributed by atoms with van der Waals surface area (Å²) in [5, 5.41) is 3.95. The lowest BCUT2D eigenvalue weighted by molar-refractivity contribution is 0.616. The van der Waals surface area contributed by atoms with Gasteiger partial charge < -0.3 is 5.73 Å². The Morgan fingerprint density at radius 3 is 2.73 bits per heavy atom. The standard InChI is InChI=1S/C10H11FN4/c11-10-2-8(4-12)1-9(3-10)5-15-7-13-6-14-15/h1-3,6-7H,4-5,12H2. The molecule has 1 aromatic carbocycles. The Morgan fingerprint density at radius 2 is 2.07 bits per heavy atom. The zero-order chi connectivity index (χ0) is 10.7. The van der Waals surface area contributed by atoms with Gasteiger partial charge >= 0.3 is 0 Å². The third-order valence-electron chi connectivity index (χ3n) is 2.06. The minimum absolute atomic E-state index is 0.270. The summed E-state index contributed by atoms with van der Waals surface area (Å²) >= 11 is 0. The highest BCUT2D eigenvalue weighted by Crippen LogP contribution is 2.09. The first kappa shape index (κ1) is 9.79. The fourth-order valence-electron chi connectivity index (χ4n) is 1.43. The van der Waals surface area contributed by atoms with E-state index in [1.54, 1.807) is 11.0 Å². The van der Waals surface area contributed by atoms with Gasteiger partial charge in [0.05, 0.1) is 6.54 Å². The Labute approximate surface area is 86.6 Å². The van der Waals surface area contributed by atoms with Gasteiger partial charge in [0.1, 0.15) is 18.5 Å². The van der Waals surface area contributed by atoms with Crippen LogP contribution in [-0.2, 0) is 13.1 Å². The van der Waals surface area contributed by atoms with Crippen molar-refractivity contribution in [2.75, 3.05) is 0 Å². The number of benzene rings is 1. The van der Waals surface area contributed by atoms with E-state index in [2.05, 4.69) is 10.1 Å². The maximum atomic E-state index is 13.1. The molecule has 2 rings (SSSR count). The molecule has 2 N–H and O–H groups in total. The number of aromatic nitrogens is 3. The van der Waals surface area contributed by atoms with E-state index in [-0.39, 0.29) is 5.82 Å². The fourth-order valence-corrected chi connectivity index (χ4v) is 1.43. The molecular weight excluding hydrogens is 195 g/mol. The van der Waals surface area contributed by atoms with E-state index >= 15 is 0 Å². The van der Waals surface area contributed by atoms with Crippen molar-refractivity contribution in [3.8, 4) is 0 Å². The molecule has 0 saturated heterocycles. The molecule has 0 saturated carbocycles. The van der Waals surface area contributed by atoms with Crippen LogP contribution in [0.1, 0.15) is 11.1 Å². The van der Waals surface area contributed by atoms with Crippen LogP contribution in [0.2, 0.25) is 0 Å². The average Bonchev–Trinajstić information content (AvgIpc) is 2.69. The van der Waals surface area contributed by atoms with Crippen LogP contribution >= 0.6 is 0 Å². The van der Waals surface area contributed by atoms with Gasteiger partial charge in [-0.3, -0.25) is 0 Å². The van der Waals surface area contributed by atoms with Crippen LogP contribution in [0.25, 0.3) is 0 Å². The van der Waals surface area contributed by atoms with Crippen molar-refractivity contribution >= 4 is 0 Å². The van der Waals surface area contributed by atoms with Crippen molar-refractivity contribution in [3.63, 3.8) is 0 Å². The maximum absolute atomic E-state index is 13.1. The monoisotopic (exact) mass is 206 g/mol. The second-order valence-corrected chi connectivity index (χ2v) is 3.26. The number of rotatable bonds is 3. The molecule has 1 aromatic heterocycles. The Morgan fingerprint density at radius 1 is 1.27 bits per heavy atom. The van der Waals surface area contributed by atoms with Crippen molar-refractivity contribution in [2.45, 2.75) is 13.1 Å². The van der Waals surface area contributed by atoms with Crippen LogP contribution in [0.15, 0.2) is 30.9 Å². The molecule has 15 heavy (non-hydrogen) atoms. The molecule has 4 nitrogen and oxygen atoms in total. The molecule has 0 aliphatic rings. The summed E-state index contributed by atoms with van der Waals surface area (Å²) in [6.45, 7) is 0.840. The zero-order valence-corrected chi connectivity index (χ0v) is 8.10. The SMILES string of the molecule is NCc1cc(F)cc(Cn2cncn2)c1. The first-order valence-electron chi connectivity index (χ1n) is 4.59. The molecule has 0 radical (unpaired) electrons. The summed E-state index contributed by atoms with van der Waals surface area (Å²) in [6.07, 6.45) is 3.04. The van der Waals surface area contributed by atoms with Gasteiger partial charge in [0.2, 0.25) is 0 Å². The zero-order valence-electron chi connectivity index (χ0n) is 8.10. The lowest BCUT2D eigenvalue weighted by Crippen LogP contribution is -2.03. The van der Waals surface area contributed by atoms with Crippen molar-refractivity contribution in [3.05, 3.63) is 47.8 Å². The van der Waals surface area contributed by atoms with E-state index in [1.165, 1.54) is 18.5 Å². The first-order valence-corrected chi connectivity index (χ1v) is 4.59. The van der Waals surface area contributed by atoms with Crippen LogP contribution in [0.3, 0.4) is 0 Å². The predicted octanol–water partition coefficient (Wildman–Crippen LogP) is 0.924. The van der Waals surface area contributed by atoms with Gasteiger partial charge in [-0.05, 0) is 23.3 Å². The van der Waals surface area contributed by atoms with Gasteiger partial charge in [-0.1, -0.05) is 6.07 Å². The highest BCUT2D eigenvalue weighted by atomic mass is 19.1. The maximum Gasteiger partial charge on any atom is 0.137 e. The molecule has 0 unspecified atom stereocenters. The van der Waals surface area contributed by atoms with Gasteiger partial charge in [0.15, 0.2) is 0 Å². The normalized spacial score (nSPS) is 10.5. The number of hydrogen-bond acceptors (Lipinski definition) is 3. The van der Waals surface area contributed by atoms with E-state index in [1.807, 2.05) is 6.07 Å². The van der Waals surface area contributed by atoms with E-state index in [9.17, 15) is 4.39 Å². The fraction of sp³-hybridized carbons (Fsp3) is 0.200. The highest BCUT2D eigenvalue weighted by molar-refractivity contribution is 5.24. The van der Waals surface area contributed by atoms with Crippen LogP contribution in [0.4, 0.5) is 4.39 Å². The summed E-state index contributed by atoms with van der Waals surface area (Å²) in [6, 6.07) is 4.77. The largest absolute Gasteiger partial charge is 0.326 e. The van der Waals surface area contributed by atoms with Crippen LogP contribution in [-0.4, -0.2) is 14.8 Å². The third-order valence-corrected chi connectivity index (χ3v) is 2.06. The Bertz CT molecular complexity index is 439. The molecule has 0 amide bonds. The molecule has 0 atom stereocenters. The molecular formula is C10H11FN4. The Balaban J connectivity index is 2.24. The van der Waals surface area contributed by atoms with Crippen molar-refractivity contribution in [2.24, 2.45) is 5.73 Å². The second kappa shape index (κ2) is 4.18. The van der Waals surface area contributed by atoms with Gasteiger partial charge in [0.25, 0.3) is 0 Å². The minimum Gasteiger partial charge on any atom is -0.326 e. The molecule has 1 heterocycles. The summed E-state index contributed by atoms with van der Waals surface area (Å²) in [7, 11) is 0. The Hall–Kier alpha value is -1.75. The van der Waals surface area contributed by atoms with E-state index in [0.717, 1.165) is 11.1 Å². The highest BCUT2D eigenvalue weighted by Gasteiger charge is 2.01. The quantitative estimate of drug-likeness (QED) is 0.812. The van der Waals surface area contributed by atoms with Crippen LogP contribution in [0, 0.1) is 5.82 Å². The average molecular weight is 206 g/mol. The van der Waals surface area contributed by atoms with Gasteiger partial charge in [-0.25, -0.2) is 14.1 Å². The molecule has 5 heteroatoms. The predicted molar refractivity (Wildman–Crippen MR) is 53.4 cm³/mol. The summed E-state index contributed by atoms with van der Waals surface area (Å²) < 4.78 is 14.8. The molecule has 0 spiro atoms. The first-order chi connectivity index (χ1) is 7.28. The molecule has 0 bridgehead atoms. The molecule has 0 aliphatic heterocycles. The van der Waals surface area contributed by atoms with Crippen molar-refractivity contribution in [1.82, 2.24) is 14.8 Å². The Kier molecular flexibility index (Phi) is 2.73. The molecule has 0 aliphatic carbocycles. The number of hydrogen-bond donors (Lipinski definition) is 1. The third kappa shape index (κ3) is 2.38. The lowest BCUT2D eigenvalue weighted by Gasteiger charge is -2.04. The van der Waals surface area contributed by atoms with Crippen LogP contribution in [0.5, 0.6) is 0 Å². The van der Waals surface area contributed by atoms with E-state index in [0.29, 0.717) is 13.1 Å². The number of nitrogens with zero attached hydrogens (tertiary/aromatic N) is 3. The van der Waals surface area contributed by atoms with Crippen molar-refractivity contribution in [1.29, 1.82) is 0 Å². The van der Waals surface area contributed by atoms with E-state index < -0.39 is 0 Å². The summed E-state index contributed by atoms with van der Waals surface area (Å²) in [5.74, 6) is -0.270. The van der Waals surface area contributed by atoms with Crippen molar-refractivity contribution < 1.29 is 4.39 Å². The molecule has 78 valence electrons. The minimum atomic E-state index is -0.270. The van der Waals surface area contributed by atoms with E-state index in [4.69, 9.17) is 5.73 Å². The van der Waals surface area contributed by atoms with Gasteiger partial charge in [-0.15, -0.1) is 0 Å². The number of nitrogens with two attached hydrogens (primary N) is 1. The topological polar surface area (TPSA) is 56.7 Å². The van der Waals surface area contributed by atoms with Gasteiger partial charge in [-0.2, -0.15) is 5.10 Å². The summed E-state index contributed by atoms with van der Waals surface area (Å²) in [4.78, 5) is 3.82. The van der Waals surface area contributed by atoms with Gasteiger partial charge in [0, 0.05) is 6.54 Å². The summed E-state index contributed by atoms with van der Waals surface area (Å²) in [5.41, 5.74) is 7.08. The molecule has 2 aromatic rings. The smallest absolute Gasteiger partial charge is 0.137 e. The van der Waals surface area contributed by atoms with Crippen LogP contribution < -0.4 is 5.73 Å². The lowest BCUT2D eigenvalue weighted by atomic mass is 10.1. The molecule has 0 fully saturated rings. The second-order valence-electron chi connectivity index (χ2n) is 3.26. The number of halogens is 1.